The fourth-order valence-electron chi connectivity index (χ4n) is 3.92. The molecular formula is C19H22N2S. The average Bonchev–Trinajstić information content (AvgIpc) is 3.01. The molecule has 4 rings (SSSR count). The minimum absolute atomic E-state index is 0.658. The Kier molecular flexibility index (Phi) is 4.17. The van der Waals surface area contributed by atoms with Crippen molar-refractivity contribution in [3.05, 3.63) is 54.4 Å². The van der Waals surface area contributed by atoms with Crippen LogP contribution >= 0.6 is 11.8 Å². The standard InChI is InChI=1S/C19H22N2S/c1-2-14-21-16(3-1)6-9-19(21)15-4-7-17(8-5-15)22-18-10-12-20-13-11-18/h4-5,7-8,10-13,16,19H,1-3,6,9,14H2/t16-,19-/m0/s1. The van der Waals surface area contributed by atoms with Crippen LogP contribution in [0.3, 0.4) is 0 Å². The van der Waals surface area contributed by atoms with E-state index in [9.17, 15) is 0 Å². The minimum Gasteiger partial charge on any atom is -0.293 e. The van der Waals surface area contributed by atoms with Crippen LogP contribution in [0.5, 0.6) is 0 Å². The highest BCUT2D eigenvalue weighted by Crippen LogP contribution is 2.40. The lowest BCUT2D eigenvalue weighted by Crippen LogP contribution is -2.35. The van der Waals surface area contributed by atoms with Crippen LogP contribution in [0, 0.1) is 0 Å². The molecule has 2 aliphatic rings. The third-order valence-electron chi connectivity index (χ3n) is 5.00. The molecule has 1 aromatic heterocycles. The zero-order valence-electron chi connectivity index (χ0n) is 12.8. The highest BCUT2D eigenvalue weighted by atomic mass is 32.2. The van der Waals surface area contributed by atoms with Gasteiger partial charge in [0.15, 0.2) is 0 Å². The van der Waals surface area contributed by atoms with Gasteiger partial charge in [-0.15, -0.1) is 0 Å². The summed E-state index contributed by atoms with van der Waals surface area (Å²) >= 11 is 1.81. The van der Waals surface area contributed by atoms with Gasteiger partial charge >= 0.3 is 0 Å². The number of hydrogen-bond donors (Lipinski definition) is 0. The van der Waals surface area contributed by atoms with Crippen molar-refractivity contribution in [2.24, 2.45) is 0 Å². The number of piperidine rings is 1. The van der Waals surface area contributed by atoms with Crippen LogP contribution < -0.4 is 0 Å². The van der Waals surface area contributed by atoms with Gasteiger partial charge in [0.1, 0.15) is 0 Å². The number of pyridine rings is 1. The highest BCUT2D eigenvalue weighted by Gasteiger charge is 2.35. The predicted molar refractivity (Wildman–Crippen MR) is 91.1 cm³/mol. The fourth-order valence-corrected chi connectivity index (χ4v) is 4.72. The first-order chi connectivity index (χ1) is 10.9. The number of hydrogen-bond acceptors (Lipinski definition) is 3. The molecule has 2 atom stereocenters. The van der Waals surface area contributed by atoms with Gasteiger partial charge < -0.3 is 0 Å². The zero-order valence-corrected chi connectivity index (χ0v) is 13.6. The first-order valence-corrected chi connectivity index (χ1v) is 9.15. The Hall–Kier alpha value is -1.32. The molecule has 2 aromatic rings. The molecule has 0 spiro atoms. The van der Waals surface area contributed by atoms with Crippen molar-refractivity contribution >= 4 is 11.8 Å². The van der Waals surface area contributed by atoms with Crippen molar-refractivity contribution in [3.63, 3.8) is 0 Å². The first kappa shape index (κ1) is 14.3. The Labute approximate surface area is 136 Å². The molecule has 0 radical (unpaired) electrons. The summed E-state index contributed by atoms with van der Waals surface area (Å²) in [6.07, 6.45) is 10.6. The second kappa shape index (κ2) is 6.43. The maximum atomic E-state index is 4.07. The Balaban J connectivity index is 1.48. The van der Waals surface area contributed by atoms with E-state index in [2.05, 4.69) is 46.3 Å². The lowest BCUT2D eigenvalue weighted by atomic mass is 10.0. The molecule has 2 nitrogen and oxygen atoms in total. The van der Waals surface area contributed by atoms with E-state index in [4.69, 9.17) is 0 Å². The van der Waals surface area contributed by atoms with Gasteiger partial charge in [-0.2, -0.15) is 0 Å². The van der Waals surface area contributed by atoms with Gasteiger partial charge in [-0.1, -0.05) is 30.3 Å². The summed E-state index contributed by atoms with van der Waals surface area (Å²) in [5, 5.41) is 0. The van der Waals surface area contributed by atoms with Gasteiger partial charge in [0.2, 0.25) is 0 Å². The molecule has 1 aromatic carbocycles. The van der Waals surface area contributed by atoms with Gasteiger partial charge in [0.25, 0.3) is 0 Å². The van der Waals surface area contributed by atoms with E-state index >= 15 is 0 Å². The Morgan fingerprint density at radius 3 is 2.45 bits per heavy atom. The van der Waals surface area contributed by atoms with Crippen molar-refractivity contribution in [1.82, 2.24) is 9.88 Å². The van der Waals surface area contributed by atoms with E-state index in [0.717, 1.165) is 6.04 Å². The molecule has 0 saturated carbocycles. The van der Waals surface area contributed by atoms with Gasteiger partial charge in [-0.05, 0) is 62.1 Å². The van der Waals surface area contributed by atoms with E-state index in [1.807, 2.05) is 24.2 Å². The molecule has 3 heterocycles. The number of nitrogens with zero attached hydrogens (tertiary/aromatic N) is 2. The van der Waals surface area contributed by atoms with Crippen LogP contribution in [0.4, 0.5) is 0 Å². The molecule has 2 fully saturated rings. The molecule has 0 N–H and O–H groups in total. The Bertz CT molecular complexity index is 611. The van der Waals surface area contributed by atoms with Crippen LogP contribution in [-0.2, 0) is 0 Å². The maximum absolute atomic E-state index is 4.07. The molecule has 0 unspecified atom stereocenters. The SMILES string of the molecule is c1cc(Sc2ccc([C@@H]3CC[C@@H]4CCCCN43)cc2)ccn1. The summed E-state index contributed by atoms with van der Waals surface area (Å²) in [5.74, 6) is 0. The monoisotopic (exact) mass is 310 g/mol. The van der Waals surface area contributed by atoms with E-state index < -0.39 is 0 Å². The number of fused-ring (bicyclic) bond motifs is 1. The van der Waals surface area contributed by atoms with Crippen molar-refractivity contribution in [2.45, 2.75) is 54.0 Å². The summed E-state index contributed by atoms with van der Waals surface area (Å²) in [6, 6.07) is 14.9. The van der Waals surface area contributed by atoms with E-state index in [-0.39, 0.29) is 0 Å². The fraction of sp³-hybridized carbons (Fsp3) is 0.421. The maximum Gasteiger partial charge on any atom is 0.0351 e. The largest absolute Gasteiger partial charge is 0.293 e. The lowest BCUT2D eigenvalue weighted by Gasteiger charge is -2.34. The summed E-state index contributed by atoms with van der Waals surface area (Å²) in [7, 11) is 0. The zero-order chi connectivity index (χ0) is 14.8. The van der Waals surface area contributed by atoms with E-state index in [1.165, 1.54) is 54.0 Å². The van der Waals surface area contributed by atoms with Gasteiger partial charge in [-0.3, -0.25) is 9.88 Å². The smallest absolute Gasteiger partial charge is 0.0351 e. The third-order valence-corrected chi connectivity index (χ3v) is 6.01. The summed E-state index contributed by atoms with van der Waals surface area (Å²) in [6.45, 7) is 1.29. The van der Waals surface area contributed by atoms with Crippen LogP contribution in [0.15, 0.2) is 58.6 Å². The second-order valence-electron chi connectivity index (χ2n) is 6.33. The molecule has 22 heavy (non-hydrogen) atoms. The molecule has 0 bridgehead atoms. The quantitative estimate of drug-likeness (QED) is 0.800. The molecule has 3 heteroatoms. The number of benzene rings is 1. The van der Waals surface area contributed by atoms with Crippen LogP contribution in [0.1, 0.15) is 43.7 Å². The average molecular weight is 310 g/mol. The molecule has 2 aliphatic heterocycles. The van der Waals surface area contributed by atoms with Crippen LogP contribution in [0.25, 0.3) is 0 Å². The summed E-state index contributed by atoms with van der Waals surface area (Å²) in [5.41, 5.74) is 1.50. The lowest BCUT2D eigenvalue weighted by molar-refractivity contribution is 0.150. The topological polar surface area (TPSA) is 16.1 Å². The highest BCUT2D eigenvalue weighted by molar-refractivity contribution is 7.99. The number of aromatic nitrogens is 1. The molecule has 0 aliphatic carbocycles. The number of rotatable bonds is 3. The first-order valence-electron chi connectivity index (χ1n) is 8.34. The molecule has 2 saturated heterocycles. The van der Waals surface area contributed by atoms with Crippen LogP contribution in [-0.4, -0.2) is 22.5 Å². The van der Waals surface area contributed by atoms with E-state index in [1.54, 1.807) is 0 Å². The summed E-state index contributed by atoms with van der Waals surface area (Å²) in [4.78, 5) is 9.39. The third kappa shape index (κ3) is 2.92. The molecule has 114 valence electrons. The van der Waals surface area contributed by atoms with Gasteiger partial charge in [-0.25, -0.2) is 0 Å². The molecular weight excluding hydrogens is 288 g/mol. The van der Waals surface area contributed by atoms with Crippen molar-refractivity contribution in [2.75, 3.05) is 6.54 Å². The van der Waals surface area contributed by atoms with Crippen molar-refractivity contribution < 1.29 is 0 Å². The van der Waals surface area contributed by atoms with Crippen molar-refractivity contribution in [3.8, 4) is 0 Å². The normalized spacial score (nSPS) is 25.1. The predicted octanol–water partition coefficient (Wildman–Crippen LogP) is 4.92. The Morgan fingerprint density at radius 2 is 1.64 bits per heavy atom. The summed E-state index contributed by atoms with van der Waals surface area (Å²) < 4.78 is 0. The van der Waals surface area contributed by atoms with Crippen LogP contribution in [0.2, 0.25) is 0 Å². The van der Waals surface area contributed by atoms with E-state index in [0.29, 0.717) is 6.04 Å². The van der Waals surface area contributed by atoms with Crippen molar-refractivity contribution in [1.29, 1.82) is 0 Å². The molecule has 0 amide bonds. The minimum atomic E-state index is 0.658. The Morgan fingerprint density at radius 1 is 0.864 bits per heavy atom. The van der Waals surface area contributed by atoms with Gasteiger partial charge in [0, 0.05) is 34.3 Å². The second-order valence-corrected chi connectivity index (χ2v) is 7.48. The van der Waals surface area contributed by atoms with Gasteiger partial charge in [0.05, 0.1) is 0 Å².